The molecule has 1 unspecified atom stereocenters. The van der Waals surface area contributed by atoms with Gasteiger partial charge in [0.1, 0.15) is 11.7 Å². The van der Waals surface area contributed by atoms with Gasteiger partial charge < -0.3 is 19.5 Å². The number of piperidine rings is 1. The third-order valence-electron chi connectivity index (χ3n) is 3.55. The van der Waals surface area contributed by atoms with Crippen LogP contribution in [0.5, 0.6) is 5.88 Å². The van der Waals surface area contributed by atoms with E-state index >= 15 is 0 Å². The van der Waals surface area contributed by atoms with Crippen molar-refractivity contribution < 1.29 is 19.4 Å². The Morgan fingerprint density at radius 2 is 2.00 bits per heavy atom. The predicted molar refractivity (Wildman–Crippen MR) is 86.3 cm³/mol. The molecule has 23 heavy (non-hydrogen) atoms. The summed E-state index contributed by atoms with van der Waals surface area (Å²) in [5.74, 6) is 0.513. The zero-order valence-electron chi connectivity index (χ0n) is 14.3. The maximum Gasteiger partial charge on any atom is 0.410 e. The van der Waals surface area contributed by atoms with Gasteiger partial charge in [0.25, 0.3) is 0 Å². The first kappa shape index (κ1) is 17.5. The highest BCUT2D eigenvalue weighted by Gasteiger charge is 2.27. The molecule has 1 fully saturated rings. The SMILES string of the molecule is CC(O)c1cccc(OC2CCN(C(=O)OC(C)(C)C)CC2)n1. The Hall–Kier alpha value is -1.82. The van der Waals surface area contributed by atoms with Crippen LogP contribution in [-0.2, 0) is 4.74 Å². The third-order valence-corrected chi connectivity index (χ3v) is 3.55. The number of aliphatic hydroxyl groups excluding tert-OH is 1. The molecule has 6 nitrogen and oxygen atoms in total. The van der Waals surface area contributed by atoms with E-state index in [9.17, 15) is 9.90 Å². The second kappa shape index (κ2) is 7.17. The molecule has 6 heteroatoms. The van der Waals surface area contributed by atoms with Crippen molar-refractivity contribution in [3.05, 3.63) is 23.9 Å². The summed E-state index contributed by atoms with van der Waals surface area (Å²) in [5.41, 5.74) is 0.115. The van der Waals surface area contributed by atoms with Crippen molar-refractivity contribution >= 4 is 6.09 Å². The minimum absolute atomic E-state index is 0.0189. The first-order valence-corrected chi connectivity index (χ1v) is 8.04. The number of aliphatic hydroxyl groups is 1. The number of likely N-dealkylation sites (tertiary alicyclic amines) is 1. The Labute approximate surface area is 137 Å². The number of carbonyl (C=O) groups excluding carboxylic acids is 1. The summed E-state index contributed by atoms with van der Waals surface area (Å²) >= 11 is 0. The van der Waals surface area contributed by atoms with Gasteiger partial charge in [0.05, 0.1) is 11.8 Å². The van der Waals surface area contributed by atoms with E-state index in [-0.39, 0.29) is 12.2 Å². The highest BCUT2D eigenvalue weighted by Crippen LogP contribution is 2.20. The predicted octanol–water partition coefficient (Wildman–Crippen LogP) is 2.91. The van der Waals surface area contributed by atoms with Crippen LogP contribution in [0.2, 0.25) is 0 Å². The number of aromatic nitrogens is 1. The molecule has 0 aliphatic carbocycles. The van der Waals surface area contributed by atoms with Gasteiger partial charge in [-0.05, 0) is 33.8 Å². The molecule has 1 atom stereocenters. The number of amides is 1. The van der Waals surface area contributed by atoms with Crippen LogP contribution in [0.15, 0.2) is 18.2 Å². The first-order valence-electron chi connectivity index (χ1n) is 8.04. The Kier molecular flexibility index (Phi) is 5.46. The second-order valence-electron chi connectivity index (χ2n) is 6.86. The van der Waals surface area contributed by atoms with Crippen molar-refractivity contribution in [1.29, 1.82) is 0 Å². The average Bonchev–Trinajstić information content (AvgIpc) is 2.46. The quantitative estimate of drug-likeness (QED) is 0.926. The van der Waals surface area contributed by atoms with E-state index in [2.05, 4.69) is 4.98 Å². The maximum atomic E-state index is 12.0. The second-order valence-corrected chi connectivity index (χ2v) is 6.86. The summed E-state index contributed by atoms with van der Waals surface area (Å²) in [5, 5.41) is 9.57. The van der Waals surface area contributed by atoms with E-state index in [1.165, 1.54) is 0 Å². The van der Waals surface area contributed by atoms with Crippen molar-refractivity contribution in [1.82, 2.24) is 9.88 Å². The molecule has 1 saturated heterocycles. The number of ether oxygens (including phenoxy) is 2. The van der Waals surface area contributed by atoms with Gasteiger partial charge in [-0.2, -0.15) is 0 Å². The fraction of sp³-hybridized carbons (Fsp3) is 0.647. The minimum Gasteiger partial charge on any atom is -0.474 e. The molecule has 2 heterocycles. The number of pyridine rings is 1. The topological polar surface area (TPSA) is 71.9 Å². The van der Waals surface area contributed by atoms with Crippen LogP contribution in [0.1, 0.15) is 52.3 Å². The first-order chi connectivity index (χ1) is 10.7. The lowest BCUT2D eigenvalue weighted by atomic mass is 10.1. The van der Waals surface area contributed by atoms with Gasteiger partial charge in [0.15, 0.2) is 0 Å². The van der Waals surface area contributed by atoms with Crippen LogP contribution in [0.3, 0.4) is 0 Å². The zero-order valence-corrected chi connectivity index (χ0v) is 14.3. The van der Waals surface area contributed by atoms with Crippen LogP contribution < -0.4 is 4.74 Å². The summed E-state index contributed by atoms with van der Waals surface area (Å²) in [7, 11) is 0. The highest BCUT2D eigenvalue weighted by atomic mass is 16.6. The van der Waals surface area contributed by atoms with Crippen LogP contribution in [0.4, 0.5) is 4.79 Å². The molecule has 0 bridgehead atoms. The summed E-state index contributed by atoms with van der Waals surface area (Å²) in [6.07, 6.45) is 0.600. The number of hydrogen-bond acceptors (Lipinski definition) is 5. The van der Waals surface area contributed by atoms with Crippen molar-refractivity contribution in [2.75, 3.05) is 13.1 Å². The Morgan fingerprint density at radius 1 is 1.35 bits per heavy atom. The monoisotopic (exact) mass is 322 g/mol. The van der Waals surface area contributed by atoms with Gasteiger partial charge in [-0.3, -0.25) is 0 Å². The van der Waals surface area contributed by atoms with Crippen LogP contribution in [0, 0.1) is 0 Å². The third kappa shape index (κ3) is 5.39. The molecule has 0 aromatic carbocycles. The van der Waals surface area contributed by atoms with E-state index < -0.39 is 11.7 Å². The lowest BCUT2D eigenvalue weighted by Gasteiger charge is -2.33. The van der Waals surface area contributed by atoms with Gasteiger partial charge in [-0.15, -0.1) is 0 Å². The van der Waals surface area contributed by atoms with Gasteiger partial charge in [-0.25, -0.2) is 9.78 Å². The summed E-state index contributed by atoms with van der Waals surface area (Å²) < 4.78 is 11.3. The molecular weight excluding hydrogens is 296 g/mol. The molecule has 0 spiro atoms. The molecule has 0 saturated carbocycles. The van der Waals surface area contributed by atoms with Gasteiger partial charge in [-0.1, -0.05) is 6.07 Å². The lowest BCUT2D eigenvalue weighted by Crippen LogP contribution is -2.44. The normalized spacial score (nSPS) is 17.7. The van der Waals surface area contributed by atoms with E-state index in [0.29, 0.717) is 24.7 Å². The molecule has 1 N–H and O–H groups in total. The molecule has 1 aromatic rings. The number of nitrogens with zero attached hydrogens (tertiary/aromatic N) is 2. The average molecular weight is 322 g/mol. The Bertz CT molecular complexity index is 532. The lowest BCUT2D eigenvalue weighted by molar-refractivity contribution is 0.0122. The number of carbonyl (C=O) groups is 1. The summed E-state index contributed by atoms with van der Waals surface area (Å²) in [6, 6.07) is 5.37. The van der Waals surface area contributed by atoms with E-state index in [4.69, 9.17) is 9.47 Å². The van der Waals surface area contributed by atoms with Gasteiger partial charge >= 0.3 is 6.09 Å². The highest BCUT2D eigenvalue weighted by molar-refractivity contribution is 5.68. The van der Waals surface area contributed by atoms with Crippen molar-refractivity contribution in [3.63, 3.8) is 0 Å². The number of rotatable bonds is 3. The molecule has 0 radical (unpaired) electrons. The van der Waals surface area contributed by atoms with E-state index in [1.807, 2.05) is 26.8 Å². The molecule has 1 aliphatic rings. The van der Waals surface area contributed by atoms with Crippen LogP contribution in [-0.4, -0.2) is 45.9 Å². The van der Waals surface area contributed by atoms with Gasteiger partial charge in [0, 0.05) is 32.0 Å². The molecule has 128 valence electrons. The standard InChI is InChI=1S/C17H26N2O4/c1-12(20)14-6-5-7-15(18-14)22-13-8-10-19(11-9-13)16(21)23-17(2,3)4/h5-7,12-13,20H,8-11H2,1-4H3. The van der Waals surface area contributed by atoms with Crippen LogP contribution >= 0.6 is 0 Å². The van der Waals surface area contributed by atoms with Gasteiger partial charge in [0.2, 0.25) is 5.88 Å². The Balaban J connectivity index is 1.85. The summed E-state index contributed by atoms with van der Waals surface area (Å²) in [4.78, 5) is 18.0. The van der Waals surface area contributed by atoms with E-state index in [0.717, 1.165) is 12.8 Å². The fourth-order valence-corrected chi connectivity index (χ4v) is 2.38. The van der Waals surface area contributed by atoms with Crippen molar-refractivity contribution in [3.8, 4) is 5.88 Å². The van der Waals surface area contributed by atoms with Crippen molar-refractivity contribution in [2.45, 2.75) is 58.3 Å². The molecule has 1 aliphatic heterocycles. The fourth-order valence-electron chi connectivity index (χ4n) is 2.38. The summed E-state index contributed by atoms with van der Waals surface area (Å²) in [6.45, 7) is 8.47. The molecule has 1 amide bonds. The molecule has 1 aromatic heterocycles. The van der Waals surface area contributed by atoms with Crippen molar-refractivity contribution in [2.24, 2.45) is 0 Å². The largest absolute Gasteiger partial charge is 0.474 e. The molecule has 2 rings (SSSR count). The van der Waals surface area contributed by atoms with Crippen LogP contribution in [0.25, 0.3) is 0 Å². The Morgan fingerprint density at radius 3 is 2.57 bits per heavy atom. The number of hydrogen-bond donors (Lipinski definition) is 1. The van der Waals surface area contributed by atoms with E-state index in [1.54, 1.807) is 24.0 Å². The zero-order chi connectivity index (χ0) is 17.0. The minimum atomic E-state index is -0.618. The smallest absolute Gasteiger partial charge is 0.410 e. The molecular formula is C17H26N2O4. The maximum absolute atomic E-state index is 12.0.